The SMILES string of the molecule is CC1CCC(NC(=O)[C@H]2[C@@H](C(=O)O)C2(C)C)C1C. The van der Waals surface area contributed by atoms with Crippen LogP contribution in [0.5, 0.6) is 0 Å². The number of hydrogen-bond acceptors (Lipinski definition) is 2. The molecule has 0 bridgehead atoms. The van der Waals surface area contributed by atoms with Crippen LogP contribution in [0.3, 0.4) is 0 Å². The van der Waals surface area contributed by atoms with Crippen LogP contribution in [0.25, 0.3) is 0 Å². The van der Waals surface area contributed by atoms with Gasteiger partial charge in [0.2, 0.25) is 5.91 Å². The Hall–Kier alpha value is -1.06. The van der Waals surface area contributed by atoms with Crippen molar-refractivity contribution in [2.24, 2.45) is 29.1 Å². The van der Waals surface area contributed by atoms with E-state index in [0.717, 1.165) is 12.8 Å². The zero-order valence-electron chi connectivity index (χ0n) is 11.6. The van der Waals surface area contributed by atoms with Crippen molar-refractivity contribution in [3.05, 3.63) is 0 Å². The van der Waals surface area contributed by atoms with Gasteiger partial charge in [0.25, 0.3) is 0 Å². The Balaban J connectivity index is 1.96. The number of rotatable bonds is 3. The first-order valence-corrected chi connectivity index (χ1v) is 6.80. The van der Waals surface area contributed by atoms with E-state index >= 15 is 0 Å². The number of carbonyl (C=O) groups is 2. The number of aliphatic carboxylic acids is 1. The maximum Gasteiger partial charge on any atom is 0.307 e. The van der Waals surface area contributed by atoms with Crippen molar-refractivity contribution in [2.45, 2.75) is 46.6 Å². The van der Waals surface area contributed by atoms with Crippen LogP contribution in [0.15, 0.2) is 0 Å². The third-order valence-electron chi connectivity index (χ3n) is 5.17. The van der Waals surface area contributed by atoms with Gasteiger partial charge in [-0.05, 0) is 30.1 Å². The fourth-order valence-corrected chi connectivity index (χ4v) is 3.43. The van der Waals surface area contributed by atoms with Crippen LogP contribution in [-0.4, -0.2) is 23.0 Å². The van der Waals surface area contributed by atoms with Crippen LogP contribution in [0.2, 0.25) is 0 Å². The molecule has 0 radical (unpaired) electrons. The Kier molecular flexibility index (Phi) is 3.16. The molecule has 5 atom stereocenters. The smallest absolute Gasteiger partial charge is 0.307 e. The molecule has 2 aliphatic rings. The zero-order valence-corrected chi connectivity index (χ0v) is 11.6. The van der Waals surface area contributed by atoms with E-state index in [2.05, 4.69) is 19.2 Å². The largest absolute Gasteiger partial charge is 0.481 e. The second kappa shape index (κ2) is 4.25. The first-order valence-electron chi connectivity index (χ1n) is 6.80. The van der Waals surface area contributed by atoms with Crippen LogP contribution < -0.4 is 5.32 Å². The van der Waals surface area contributed by atoms with Gasteiger partial charge < -0.3 is 10.4 Å². The quantitative estimate of drug-likeness (QED) is 0.807. The van der Waals surface area contributed by atoms with E-state index in [1.165, 1.54) is 0 Å². The van der Waals surface area contributed by atoms with Crippen molar-refractivity contribution in [3.63, 3.8) is 0 Å². The molecule has 2 aliphatic carbocycles. The van der Waals surface area contributed by atoms with Crippen LogP contribution in [0.4, 0.5) is 0 Å². The van der Waals surface area contributed by atoms with Gasteiger partial charge in [-0.3, -0.25) is 9.59 Å². The summed E-state index contributed by atoms with van der Waals surface area (Å²) in [6, 6.07) is 0.221. The van der Waals surface area contributed by atoms with Gasteiger partial charge in [0.05, 0.1) is 11.8 Å². The van der Waals surface area contributed by atoms with Crippen molar-refractivity contribution < 1.29 is 14.7 Å². The van der Waals surface area contributed by atoms with E-state index in [-0.39, 0.29) is 17.9 Å². The van der Waals surface area contributed by atoms with Gasteiger partial charge in [-0.25, -0.2) is 0 Å². The molecule has 18 heavy (non-hydrogen) atoms. The Morgan fingerprint density at radius 2 is 1.78 bits per heavy atom. The molecular formula is C14H23NO3. The predicted molar refractivity (Wildman–Crippen MR) is 67.9 cm³/mol. The molecule has 102 valence electrons. The van der Waals surface area contributed by atoms with E-state index in [1.807, 2.05) is 13.8 Å². The van der Waals surface area contributed by atoms with Crippen LogP contribution >= 0.6 is 0 Å². The molecule has 0 aromatic heterocycles. The van der Waals surface area contributed by atoms with E-state index in [0.29, 0.717) is 11.8 Å². The molecule has 2 N–H and O–H groups in total. The fraction of sp³-hybridized carbons (Fsp3) is 0.857. The molecule has 0 spiro atoms. The zero-order chi connectivity index (χ0) is 13.7. The molecule has 4 nitrogen and oxygen atoms in total. The lowest BCUT2D eigenvalue weighted by Gasteiger charge is -2.20. The number of amides is 1. The van der Waals surface area contributed by atoms with Crippen molar-refractivity contribution in [1.29, 1.82) is 0 Å². The summed E-state index contributed by atoms with van der Waals surface area (Å²) in [6.45, 7) is 8.08. The molecule has 4 heteroatoms. The highest BCUT2D eigenvalue weighted by Gasteiger charge is 2.66. The minimum atomic E-state index is -0.854. The summed E-state index contributed by atoms with van der Waals surface area (Å²) in [7, 11) is 0. The van der Waals surface area contributed by atoms with Crippen LogP contribution in [0, 0.1) is 29.1 Å². The van der Waals surface area contributed by atoms with E-state index in [4.69, 9.17) is 5.11 Å². The van der Waals surface area contributed by atoms with E-state index in [9.17, 15) is 9.59 Å². The Bertz CT molecular complexity index is 377. The molecule has 2 fully saturated rings. The average molecular weight is 253 g/mol. The lowest BCUT2D eigenvalue weighted by atomic mass is 9.97. The maximum atomic E-state index is 12.2. The number of hydrogen-bond donors (Lipinski definition) is 2. The standard InChI is InChI=1S/C14H23NO3/c1-7-5-6-9(8(7)2)15-12(16)10-11(13(17)18)14(10,3)4/h7-11H,5-6H2,1-4H3,(H,15,16)(H,17,18)/t7?,8?,9?,10-,11+/m1/s1. The summed E-state index contributed by atoms with van der Waals surface area (Å²) in [6.07, 6.45) is 2.15. The summed E-state index contributed by atoms with van der Waals surface area (Å²) < 4.78 is 0. The van der Waals surface area contributed by atoms with Gasteiger partial charge in [-0.15, -0.1) is 0 Å². The van der Waals surface area contributed by atoms with Crippen molar-refractivity contribution in [2.75, 3.05) is 0 Å². The highest BCUT2D eigenvalue weighted by atomic mass is 16.4. The third-order valence-corrected chi connectivity index (χ3v) is 5.17. The van der Waals surface area contributed by atoms with E-state index in [1.54, 1.807) is 0 Å². The van der Waals surface area contributed by atoms with Gasteiger partial charge in [-0.1, -0.05) is 27.7 Å². The first kappa shape index (κ1) is 13.4. The lowest BCUT2D eigenvalue weighted by Crippen LogP contribution is -2.39. The van der Waals surface area contributed by atoms with Gasteiger partial charge in [-0.2, -0.15) is 0 Å². The Morgan fingerprint density at radius 3 is 2.17 bits per heavy atom. The Morgan fingerprint density at radius 1 is 1.17 bits per heavy atom. The monoisotopic (exact) mass is 253 g/mol. The van der Waals surface area contributed by atoms with Crippen molar-refractivity contribution in [3.8, 4) is 0 Å². The molecule has 0 aliphatic heterocycles. The second-order valence-corrected chi connectivity index (χ2v) is 6.64. The molecule has 2 saturated carbocycles. The van der Waals surface area contributed by atoms with Gasteiger partial charge in [0.15, 0.2) is 0 Å². The summed E-state index contributed by atoms with van der Waals surface area (Å²) >= 11 is 0. The van der Waals surface area contributed by atoms with Crippen molar-refractivity contribution >= 4 is 11.9 Å². The highest BCUT2D eigenvalue weighted by Crippen LogP contribution is 2.58. The number of nitrogens with one attached hydrogen (secondary N) is 1. The van der Waals surface area contributed by atoms with Crippen LogP contribution in [0.1, 0.15) is 40.5 Å². The second-order valence-electron chi connectivity index (χ2n) is 6.64. The Labute approximate surface area is 108 Å². The lowest BCUT2D eigenvalue weighted by molar-refractivity contribution is -0.140. The van der Waals surface area contributed by atoms with Gasteiger partial charge in [0, 0.05) is 6.04 Å². The molecule has 0 aromatic carbocycles. The average Bonchev–Trinajstić information content (AvgIpc) is 2.73. The summed E-state index contributed by atoms with van der Waals surface area (Å²) in [4.78, 5) is 23.2. The first-order chi connectivity index (χ1) is 8.26. The van der Waals surface area contributed by atoms with Gasteiger partial charge >= 0.3 is 5.97 Å². The normalized spacial score (nSPS) is 41.4. The maximum absolute atomic E-state index is 12.2. The topological polar surface area (TPSA) is 66.4 Å². The highest BCUT2D eigenvalue weighted by molar-refractivity contribution is 5.91. The molecule has 3 unspecified atom stereocenters. The third kappa shape index (κ3) is 2.02. The summed E-state index contributed by atoms with van der Waals surface area (Å²) in [5.74, 6) is -0.687. The van der Waals surface area contributed by atoms with Gasteiger partial charge in [0.1, 0.15) is 0 Å². The van der Waals surface area contributed by atoms with E-state index < -0.39 is 17.3 Å². The minimum Gasteiger partial charge on any atom is -0.481 e. The summed E-state index contributed by atoms with van der Waals surface area (Å²) in [5, 5.41) is 12.1. The van der Waals surface area contributed by atoms with Crippen molar-refractivity contribution in [1.82, 2.24) is 5.32 Å². The number of carboxylic acids is 1. The summed E-state index contributed by atoms with van der Waals surface area (Å²) in [5.41, 5.74) is -0.399. The number of carboxylic acid groups (broad SMARTS) is 1. The molecule has 0 saturated heterocycles. The fourth-order valence-electron chi connectivity index (χ4n) is 3.43. The minimum absolute atomic E-state index is 0.0710. The molecule has 2 rings (SSSR count). The predicted octanol–water partition coefficient (Wildman–Crippen LogP) is 1.89. The van der Waals surface area contributed by atoms with Crippen LogP contribution in [-0.2, 0) is 9.59 Å². The molecular weight excluding hydrogens is 230 g/mol. The molecule has 0 aromatic rings. The number of carbonyl (C=O) groups excluding carboxylic acids is 1. The molecule has 0 heterocycles. The molecule has 1 amide bonds.